The van der Waals surface area contributed by atoms with E-state index in [0.717, 1.165) is 30.5 Å². The van der Waals surface area contributed by atoms with E-state index in [2.05, 4.69) is 31.0 Å². The lowest BCUT2D eigenvalue weighted by Crippen LogP contribution is -2.27. The van der Waals surface area contributed by atoms with Crippen LogP contribution < -0.4 is 10.2 Å². The maximum Gasteiger partial charge on any atom is 0.137 e. The summed E-state index contributed by atoms with van der Waals surface area (Å²) in [6.07, 6.45) is 6.30. The van der Waals surface area contributed by atoms with Crippen molar-refractivity contribution in [2.24, 2.45) is 5.41 Å². The molecule has 1 aromatic heterocycles. The Kier molecular flexibility index (Phi) is 3.80. The summed E-state index contributed by atoms with van der Waals surface area (Å²) in [5, 5.41) is 3.25. The number of nitrogens with zero attached hydrogens (tertiary/aromatic N) is 3. The van der Waals surface area contributed by atoms with E-state index in [1.54, 1.807) is 0 Å². The highest BCUT2D eigenvalue weighted by molar-refractivity contribution is 5.59. The third kappa shape index (κ3) is 3.14. The van der Waals surface area contributed by atoms with E-state index in [-0.39, 0.29) is 0 Å². The number of anilines is 2. The van der Waals surface area contributed by atoms with Crippen LogP contribution in [0.5, 0.6) is 0 Å². The van der Waals surface area contributed by atoms with Crippen molar-refractivity contribution in [1.82, 2.24) is 9.97 Å². The molecule has 0 atom stereocenters. The third-order valence-corrected chi connectivity index (χ3v) is 4.96. The van der Waals surface area contributed by atoms with Gasteiger partial charge in [-0.2, -0.15) is 0 Å². The van der Waals surface area contributed by atoms with E-state index < -0.39 is 0 Å². The molecule has 1 saturated heterocycles. The molecule has 1 aromatic rings. The highest BCUT2D eigenvalue weighted by atomic mass is 15.2. The SMILES string of the molecule is CNc1nc(C2CC2)nc(N2CCCC(C)(C)CC2)c1C. The van der Waals surface area contributed by atoms with Crippen LogP contribution in [0.4, 0.5) is 11.6 Å². The smallest absolute Gasteiger partial charge is 0.137 e. The van der Waals surface area contributed by atoms with E-state index in [1.807, 2.05) is 7.05 Å². The van der Waals surface area contributed by atoms with Gasteiger partial charge in [-0.15, -0.1) is 0 Å². The standard InChI is InChI=1S/C17H28N4/c1-12-14(18-4)19-15(13-6-7-13)20-16(12)21-10-5-8-17(2,3)9-11-21/h13H,5-11H2,1-4H3,(H,18,19,20). The maximum absolute atomic E-state index is 4.93. The first-order valence-corrected chi connectivity index (χ1v) is 8.31. The molecule has 1 aliphatic heterocycles. The van der Waals surface area contributed by atoms with Crippen molar-refractivity contribution in [3.8, 4) is 0 Å². The van der Waals surface area contributed by atoms with Gasteiger partial charge in [0, 0.05) is 31.6 Å². The van der Waals surface area contributed by atoms with Gasteiger partial charge in [-0.1, -0.05) is 13.8 Å². The molecule has 0 amide bonds. The van der Waals surface area contributed by atoms with Gasteiger partial charge in [0.05, 0.1) is 0 Å². The van der Waals surface area contributed by atoms with E-state index in [9.17, 15) is 0 Å². The third-order valence-electron chi connectivity index (χ3n) is 4.96. The monoisotopic (exact) mass is 288 g/mol. The Bertz CT molecular complexity index is 520. The van der Waals surface area contributed by atoms with E-state index in [0.29, 0.717) is 11.3 Å². The van der Waals surface area contributed by atoms with Crippen molar-refractivity contribution in [1.29, 1.82) is 0 Å². The average Bonchev–Trinajstić information content (AvgIpc) is 3.27. The molecule has 2 fully saturated rings. The van der Waals surface area contributed by atoms with Crippen LogP contribution in [0.2, 0.25) is 0 Å². The first-order chi connectivity index (χ1) is 10.00. The molecule has 2 heterocycles. The second-order valence-electron chi connectivity index (χ2n) is 7.41. The Labute approximate surface area is 128 Å². The number of hydrogen-bond acceptors (Lipinski definition) is 4. The van der Waals surface area contributed by atoms with Crippen LogP contribution in [0, 0.1) is 12.3 Å². The van der Waals surface area contributed by atoms with Gasteiger partial charge in [-0.3, -0.25) is 0 Å². The Balaban J connectivity index is 1.91. The second kappa shape index (κ2) is 5.47. The van der Waals surface area contributed by atoms with Gasteiger partial charge < -0.3 is 10.2 Å². The minimum Gasteiger partial charge on any atom is -0.373 e. The predicted molar refractivity (Wildman–Crippen MR) is 88.1 cm³/mol. The van der Waals surface area contributed by atoms with Crippen molar-refractivity contribution < 1.29 is 0 Å². The molecular weight excluding hydrogens is 260 g/mol. The summed E-state index contributed by atoms with van der Waals surface area (Å²) in [5.74, 6) is 3.81. The van der Waals surface area contributed by atoms with Crippen LogP contribution in [-0.4, -0.2) is 30.1 Å². The molecule has 2 aliphatic rings. The minimum absolute atomic E-state index is 0.459. The van der Waals surface area contributed by atoms with Gasteiger partial charge in [0.25, 0.3) is 0 Å². The second-order valence-corrected chi connectivity index (χ2v) is 7.41. The Morgan fingerprint density at radius 3 is 2.57 bits per heavy atom. The van der Waals surface area contributed by atoms with Crippen LogP contribution in [0.1, 0.15) is 63.3 Å². The first-order valence-electron chi connectivity index (χ1n) is 8.31. The van der Waals surface area contributed by atoms with Crippen molar-refractivity contribution in [2.75, 3.05) is 30.4 Å². The zero-order chi connectivity index (χ0) is 15.0. The lowest BCUT2D eigenvalue weighted by atomic mass is 9.85. The number of aromatic nitrogens is 2. The van der Waals surface area contributed by atoms with Crippen molar-refractivity contribution in [3.05, 3.63) is 11.4 Å². The van der Waals surface area contributed by atoms with Gasteiger partial charge in [-0.25, -0.2) is 9.97 Å². The highest BCUT2D eigenvalue weighted by Crippen LogP contribution is 2.40. The molecule has 116 valence electrons. The molecule has 4 nitrogen and oxygen atoms in total. The molecular formula is C17H28N4. The van der Waals surface area contributed by atoms with Crippen LogP contribution >= 0.6 is 0 Å². The van der Waals surface area contributed by atoms with Gasteiger partial charge in [0.1, 0.15) is 17.5 Å². The molecule has 0 unspecified atom stereocenters. The van der Waals surface area contributed by atoms with Gasteiger partial charge in [0.2, 0.25) is 0 Å². The van der Waals surface area contributed by atoms with E-state index in [4.69, 9.17) is 9.97 Å². The summed E-state index contributed by atoms with van der Waals surface area (Å²) in [6.45, 7) is 9.15. The summed E-state index contributed by atoms with van der Waals surface area (Å²) in [5.41, 5.74) is 1.66. The van der Waals surface area contributed by atoms with Gasteiger partial charge in [-0.05, 0) is 44.4 Å². The van der Waals surface area contributed by atoms with Crippen LogP contribution in [-0.2, 0) is 0 Å². The quantitative estimate of drug-likeness (QED) is 0.920. The average molecular weight is 288 g/mol. The van der Waals surface area contributed by atoms with Crippen molar-refractivity contribution in [3.63, 3.8) is 0 Å². The lowest BCUT2D eigenvalue weighted by Gasteiger charge is -2.26. The fourth-order valence-electron chi connectivity index (χ4n) is 3.23. The molecule has 1 saturated carbocycles. The molecule has 0 aromatic carbocycles. The fourth-order valence-corrected chi connectivity index (χ4v) is 3.23. The van der Waals surface area contributed by atoms with Crippen molar-refractivity contribution in [2.45, 2.75) is 58.8 Å². The summed E-state index contributed by atoms with van der Waals surface area (Å²) in [6, 6.07) is 0. The highest BCUT2D eigenvalue weighted by Gasteiger charge is 2.30. The number of rotatable bonds is 3. The fraction of sp³-hybridized carbons (Fsp3) is 0.765. The molecule has 1 aliphatic carbocycles. The molecule has 4 heteroatoms. The van der Waals surface area contributed by atoms with Crippen LogP contribution in [0.25, 0.3) is 0 Å². The molecule has 3 rings (SSSR count). The van der Waals surface area contributed by atoms with Crippen LogP contribution in [0.15, 0.2) is 0 Å². The minimum atomic E-state index is 0.459. The summed E-state index contributed by atoms with van der Waals surface area (Å²) in [4.78, 5) is 12.1. The van der Waals surface area contributed by atoms with Gasteiger partial charge >= 0.3 is 0 Å². The van der Waals surface area contributed by atoms with E-state index >= 15 is 0 Å². The molecule has 1 N–H and O–H groups in total. The summed E-state index contributed by atoms with van der Waals surface area (Å²) >= 11 is 0. The molecule has 21 heavy (non-hydrogen) atoms. The summed E-state index contributed by atoms with van der Waals surface area (Å²) < 4.78 is 0. The normalized spacial score (nSPS) is 22.0. The Morgan fingerprint density at radius 2 is 1.90 bits per heavy atom. The van der Waals surface area contributed by atoms with Crippen LogP contribution in [0.3, 0.4) is 0 Å². The Hall–Kier alpha value is -1.32. The van der Waals surface area contributed by atoms with Gasteiger partial charge in [0.15, 0.2) is 0 Å². The maximum atomic E-state index is 4.93. The van der Waals surface area contributed by atoms with Crippen molar-refractivity contribution >= 4 is 11.6 Å². The lowest BCUT2D eigenvalue weighted by molar-refractivity contribution is 0.325. The van der Waals surface area contributed by atoms with E-state index in [1.165, 1.54) is 37.7 Å². The predicted octanol–water partition coefficient (Wildman–Crippen LogP) is 3.72. The number of hydrogen-bond donors (Lipinski definition) is 1. The largest absolute Gasteiger partial charge is 0.373 e. The molecule has 0 spiro atoms. The molecule has 0 bridgehead atoms. The molecule has 0 radical (unpaired) electrons. The zero-order valence-electron chi connectivity index (χ0n) is 13.9. The number of nitrogens with one attached hydrogen (secondary N) is 1. The summed E-state index contributed by atoms with van der Waals surface area (Å²) in [7, 11) is 1.96. The Morgan fingerprint density at radius 1 is 1.14 bits per heavy atom. The zero-order valence-corrected chi connectivity index (χ0v) is 13.9. The first kappa shape index (κ1) is 14.6. The topological polar surface area (TPSA) is 41.1 Å².